The molecule has 0 aliphatic carbocycles. The number of benzene rings is 1. The number of ether oxygens (including phenoxy) is 1. The SMILES string of the molecule is COc1ccc(CN2CCc3nc(-c4ccc(C(F)(F)F)cc4)[nH]c(=O)c3C2)cn1. The van der Waals surface area contributed by atoms with Crippen LogP contribution in [0.5, 0.6) is 5.88 Å². The van der Waals surface area contributed by atoms with Gasteiger partial charge in [0.05, 0.1) is 23.9 Å². The van der Waals surface area contributed by atoms with Gasteiger partial charge in [0, 0.05) is 43.9 Å². The minimum absolute atomic E-state index is 0.271. The molecule has 0 atom stereocenters. The highest BCUT2D eigenvalue weighted by atomic mass is 19.4. The van der Waals surface area contributed by atoms with Crippen LogP contribution in [0.1, 0.15) is 22.4 Å². The average Bonchev–Trinajstić information content (AvgIpc) is 2.74. The van der Waals surface area contributed by atoms with Crippen molar-refractivity contribution in [2.24, 2.45) is 0 Å². The summed E-state index contributed by atoms with van der Waals surface area (Å²) in [5, 5.41) is 0. The van der Waals surface area contributed by atoms with Gasteiger partial charge in [-0.25, -0.2) is 9.97 Å². The number of methoxy groups -OCH3 is 1. The van der Waals surface area contributed by atoms with Crippen LogP contribution in [0.4, 0.5) is 13.2 Å². The van der Waals surface area contributed by atoms with Crippen LogP contribution in [-0.2, 0) is 25.7 Å². The minimum Gasteiger partial charge on any atom is -0.481 e. The van der Waals surface area contributed by atoms with E-state index in [2.05, 4.69) is 19.9 Å². The van der Waals surface area contributed by atoms with E-state index in [4.69, 9.17) is 4.74 Å². The first-order valence-electron chi connectivity index (χ1n) is 9.34. The number of nitrogens with one attached hydrogen (secondary N) is 1. The van der Waals surface area contributed by atoms with Crippen LogP contribution in [0.2, 0.25) is 0 Å². The van der Waals surface area contributed by atoms with Gasteiger partial charge in [-0.3, -0.25) is 9.69 Å². The third-order valence-corrected chi connectivity index (χ3v) is 5.05. The highest BCUT2D eigenvalue weighted by Crippen LogP contribution is 2.30. The van der Waals surface area contributed by atoms with E-state index < -0.39 is 11.7 Å². The maximum Gasteiger partial charge on any atom is 0.416 e. The minimum atomic E-state index is -4.40. The number of aromatic nitrogens is 3. The largest absolute Gasteiger partial charge is 0.481 e. The Bertz CT molecular complexity index is 1090. The lowest BCUT2D eigenvalue weighted by Crippen LogP contribution is -2.35. The van der Waals surface area contributed by atoms with Gasteiger partial charge in [0.1, 0.15) is 5.82 Å². The van der Waals surface area contributed by atoms with E-state index in [-0.39, 0.29) is 11.4 Å². The number of nitrogens with zero attached hydrogens (tertiary/aromatic N) is 3. The second-order valence-electron chi connectivity index (χ2n) is 7.08. The molecule has 4 rings (SSSR count). The molecule has 0 unspecified atom stereocenters. The van der Waals surface area contributed by atoms with E-state index in [1.807, 2.05) is 6.07 Å². The smallest absolute Gasteiger partial charge is 0.416 e. The number of hydrogen-bond donors (Lipinski definition) is 1. The Morgan fingerprint density at radius 1 is 1.17 bits per heavy atom. The number of alkyl halides is 3. The lowest BCUT2D eigenvalue weighted by atomic mass is 10.1. The molecule has 0 radical (unpaired) electrons. The fraction of sp³-hybridized carbons (Fsp3) is 0.286. The molecule has 1 N–H and O–H groups in total. The summed E-state index contributed by atoms with van der Waals surface area (Å²) in [4.78, 5) is 26.2. The first-order chi connectivity index (χ1) is 14.3. The van der Waals surface area contributed by atoms with Crippen LogP contribution in [-0.4, -0.2) is 33.5 Å². The summed E-state index contributed by atoms with van der Waals surface area (Å²) < 4.78 is 43.3. The van der Waals surface area contributed by atoms with E-state index in [0.29, 0.717) is 48.8 Å². The number of halogens is 3. The monoisotopic (exact) mass is 416 g/mol. The molecule has 1 aliphatic rings. The second-order valence-corrected chi connectivity index (χ2v) is 7.08. The first-order valence-corrected chi connectivity index (χ1v) is 9.34. The predicted molar refractivity (Wildman–Crippen MR) is 104 cm³/mol. The van der Waals surface area contributed by atoms with Gasteiger partial charge >= 0.3 is 6.18 Å². The van der Waals surface area contributed by atoms with Crippen molar-refractivity contribution in [1.82, 2.24) is 19.9 Å². The van der Waals surface area contributed by atoms with Gasteiger partial charge < -0.3 is 9.72 Å². The molecule has 1 aromatic carbocycles. The summed E-state index contributed by atoms with van der Waals surface area (Å²) in [6.45, 7) is 1.79. The highest BCUT2D eigenvalue weighted by molar-refractivity contribution is 5.56. The van der Waals surface area contributed by atoms with Crippen LogP contribution in [0, 0.1) is 0 Å². The van der Waals surface area contributed by atoms with Crippen LogP contribution < -0.4 is 10.3 Å². The van der Waals surface area contributed by atoms with Crippen molar-refractivity contribution in [1.29, 1.82) is 0 Å². The molecule has 0 saturated heterocycles. The Morgan fingerprint density at radius 3 is 2.57 bits per heavy atom. The molecule has 6 nitrogen and oxygen atoms in total. The summed E-state index contributed by atoms with van der Waals surface area (Å²) >= 11 is 0. The molecule has 156 valence electrons. The van der Waals surface area contributed by atoms with Crippen LogP contribution in [0.3, 0.4) is 0 Å². The number of aromatic amines is 1. The Labute approximate surface area is 170 Å². The lowest BCUT2D eigenvalue weighted by Gasteiger charge is -2.27. The molecule has 0 saturated carbocycles. The summed E-state index contributed by atoms with van der Waals surface area (Å²) in [5.41, 5.74) is 1.69. The van der Waals surface area contributed by atoms with E-state index >= 15 is 0 Å². The van der Waals surface area contributed by atoms with Gasteiger partial charge in [-0.2, -0.15) is 13.2 Å². The zero-order valence-electron chi connectivity index (χ0n) is 16.2. The van der Waals surface area contributed by atoms with E-state index in [0.717, 1.165) is 17.7 Å². The third-order valence-electron chi connectivity index (χ3n) is 5.05. The normalized spacial score (nSPS) is 14.4. The van der Waals surface area contributed by atoms with Crippen LogP contribution in [0.15, 0.2) is 47.4 Å². The van der Waals surface area contributed by atoms with Crippen molar-refractivity contribution in [3.8, 4) is 17.3 Å². The van der Waals surface area contributed by atoms with Gasteiger partial charge in [0.2, 0.25) is 5.88 Å². The number of fused-ring (bicyclic) bond motifs is 1. The van der Waals surface area contributed by atoms with Crippen molar-refractivity contribution >= 4 is 0 Å². The Hall–Kier alpha value is -3.20. The molecule has 0 bridgehead atoms. The number of hydrogen-bond acceptors (Lipinski definition) is 5. The number of rotatable bonds is 4. The van der Waals surface area contributed by atoms with E-state index in [1.165, 1.54) is 12.1 Å². The lowest BCUT2D eigenvalue weighted by molar-refractivity contribution is -0.137. The molecular formula is C21H19F3N4O2. The van der Waals surface area contributed by atoms with Crippen molar-refractivity contribution in [3.05, 3.63) is 75.3 Å². The van der Waals surface area contributed by atoms with E-state index in [9.17, 15) is 18.0 Å². The molecule has 3 aromatic rings. The molecule has 0 amide bonds. The number of H-pyrrole nitrogens is 1. The maximum absolute atomic E-state index is 12.8. The Kier molecular flexibility index (Phi) is 5.29. The van der Waals surface area contributed by atoms with Crippen LogP contribution >= 0.6 is 0 Å². The van der Waals surface area contributed by atoms with Crippen molar-refractivity contribution in [2.75, 3.05) is 13.7 Å². The zero-order valence-corrected chi connectivity index (χ0v) is 16.2. The summed E-state index contributed by atoms with van der Waals surface area (Å²) in [5.74, 6) is 0.819. The molecule has 1 aliphatic heterocycles. The Balaban J connectivity index is 1.53. The predicted octanol–water partition coefficient (Wildman–Crippen LogP) is 3.42. The Morgan fingerprint density at radius 2 is 1.93 bits per heavy atom. The molecule has 9 heteroatoms. The molecule has 0 fully saturated rings. The topological polar surface area (TPSA) is 71.1 Å². The average molecular weight is 416 g/mol. The summed E-state index contributed by atoms with van der Waals surface area (Å²) in [6, 6.07) is 8.33. The van der Waals surface area contributed by atoms with Crippen molar-refractivity contribution in [3.63, 3.8) is 0 Å². The van der Waals surface area contributed by atoms with Crippen molar-refractivity contribution in [2.45, 2.75) is 25.7 Å². The van der Waals surface area contributed by atoms with E-state index in [1.54, 1.807) is 19.4 Å². The van der Waals surface area contributed by atoms with Gasteiger partial charge in [-0.1, -0.05) is 18.2 Å². The van der Waals surface area contributed by atoms with Gasteiger partial charge in [0.15, 0.2) is 0 Å². The third kappa shape index (κ3) is 4.20. The van der Waals surface area contributed by atoms with Gasteiger partial charge in [0.25, 0.3) is 5.56 Å². The highest BCUT2D eigenvalue weighted by Gasteiger charge is 2.30. The number of pyridine rings is 1. The van der Waals surface area contributed by atoms with Gasteiger partial charge in [-0.05, 0) is 17.7 Å². The van der Waals surface area contributed by atoms with Crippen LogP contribution in [0.25, 0.3) is 11.4 Å². The summed E-state index contributed by atoms with van der Waals surface area (Å²) in [7, 11) is 1.56. The fourth-order valence-corrected chi connectivity index (χ4v) is 3.45. The van der Waals surface area contributed by atoms with Gasteiger partial charge in [-0.15, -0.1) is 0 Å². The first kappa shape index (κ1) is 20.1. The molecule has 3 heterocycles. The summed E-state index contributed by atoms with van der Waals surface area (Å²) in [6.07, 6.45) is -2.08. The quantitative estimate of drug-likeness (QED) is 0.706. The molecule has 30 heavy (non-hydrogen) atoms. The van der Waals surface area contributed by atoms with Crippen molar-refractivity contribution < 1.29 is 17.9 Å². The maximum atomic E-state index is 12.8. The molecule has 2 aromatic heterocycles. The standard InChI is InChI=1S/C21H19F3N4O2/c1-30-18-7-2-13(10-25-18)11-28-9-8-17-16(12-28)20(29)27-19(26-17)14-3-5-15(6-4-14)21(22,23)24/h2-7,10H,8-9,11-12H2,1H3,(H,26,27,29). The zero-order chi connectivity index (χ0) is 21.3. The second kappa shape index (κ2) is 7.91. The fourth-order valence-electron chi connectivity index (χ4n) is 3.45. The molecule has 0 spiro atoms. The molecular weight excluding hydrogens is 397 g/mol.